The van der Waals surface area contributed by atoms with E-state index >= 15 is 0 Å². The summed E-state index contributed by atoms with van der Waals surface area (Å²) in [5.74, 6) is 3.29. The van der Waals surface area contributed by atoms with E-state index in [1.165, 1.54) is 17.8 Å². The second-order valence-electron chi connectivity index (χ2n) is 5.83. The normalized spacial score (nSPS) is 20.5. The largest absolute Gasteiger partial charge is 0.466 e. The minimum Gasteiger partial charge on any atom is -0.466 e. The predicted octanol–water partition coefficient (Wildman–Crippen LogP) is 4.05. The van der Waals surface area contributed by atoms with E-state index in [4.69, 9.17) is 4.42 Å². The number of hydrogen-bond acceptors (Lipinski definition) is 4. The SMILES string of the molecule is Cc1nc(NC(=O)CCc2ccc([C@H]3C[C@H]3C)o2)sc1C. The zero-order chi connectivity index (χ0) is 15.0. The fraction of sp³-hybridized carbons (Fsp3) is 0.500. The number of thiazole rings is 1. The third-order valence-corrected chi connectivity index (χ3v) is 5.02. The van der Waals surface area contributed by atoms with Gasteiger partial charge in [0, 0.05) is 23.6 Å². The summed E-state index contributed by atoms with van der Waals surface area (Å²) < 4.78 is 5.81. The summed E-state index contributed by atoms with van der Waals surface area (Å²) >= 11 is 1.51. The van der Waals surface area contributed by atoms with Crippen LogP contribution in [0, 0.1) is 19.8 Å². The van der Waals surface area contributed by atoms with E-state index in [1.807, 2.05) is 19.9 Å². The average Bonchev–Trinajstić information content (AvgIpc) is 2.84. The van der Waals surface area contributed by atoms with Gasteiger partial charge in [-0.25, -0.2) is 4.98 Å². The van der Waals surface area contributed by atoms with E-state index in [0.717, 1.165) is 28.0 Å². The van der Waals surface area contributed by atoms with Crippen LogP contribution in [0.5, 0.6) is 0 Å². The fourth-order valence-electron chi connectivity index (χ4n) is 2.39. The summed E-state index contributed by atoms with van der Waals surface area (Å²) in [6.07, 6.45) is 2.28. The van der Waals surface area contributed by atoms with Gasteiger partial charge in [-0.15, -0.1) is 11.3 Å². The van der Waals surface area contributed by atoms with Crippen molar-refractivity contribution in [2.24, 2.45) is 5.92 Å². The zero-order valence-electron chi connectivity index (χ0n) is 12.6. The van der Waals surface area contributed by atoms with E-state index in [0.29, 0.717) is 23.9 Å². The van der Waals surface area contributed by atoms with Gasteiger partial charge in [0.1, 0.15) is 11.5 Å². The molecule has 5 heteroatoms. The molecule has 1 fully saturated rings. The van der Waals surface area contributed by atoms with Crippen LogP contribution in [0.15, 0.2) is 16.5 Å². The summed E-state index contributed by atoms with van der Waals surface area (Å²) in [5, 5.41) is 3.53. The highest BCUT2D eigenvalue weighted by Gasteiger charge is 2.36. The maximum absolute atomic E-state index is 11.9. The fourth-order valence-corrected chi connectivity index (χ4v) is 3.22. The molecule has 4 nitrogen and oxygen atoms in total. The third kappa shape index (κ3) is 3.35. The van der Waals surface area contributed by atoms with Crippen molar-refractivity contribution in [3.63, 3.8) is 0 Å². The maximum atomic E-state index is 11.9. The van der Waals surface area contributed by atoms with Crippen molar-refractivity contribution in [3.05, 3.63) is 34.2 Å². The highest BCUT2D eigenvalue weighted by atomic mass is 32.1. The predicted molar refractivity (Wildman–Crippen MR) is 83.8 cm³/mol. The van der Waals surface area contributed by atoms with Gasteiger partial charge in [-0.3, -0.25) is 4.79 Å². The van der Waals surface area contributed by atoms with Gasteiger partial charge in [-0.05, 0) is 38.3 Å². The molecule has 0 spiro atoms. The number of rotatable bonds is 5. The summed E-state index contributed by atoms with van der Waals surface area (Å²) in [6.45, 7) is 6.19. The summed E-state index contributed by atoms with van der Waals surface area (Å²) in [6, 6.07) is 4.04. The lowest BCUT2D eigenvalue weighted by atomic mass is 10.2. The Morgan fingerprint density at radius 2 is 2.24 bits per heavy atom. The molecule has 1 N–H and O–H groups in total. The number of anilines is 1. The topological polar surface area (TPSA) is 55.1 Å². The van der Waals surface area contributed by atoms with Gasteiger partial charge in [0.2, 0.25) is 5.91 Å². The lowest BCUT2D eigenvalue weighted by Gasteiger charge is -2.00. The van der Waals surface area contributed by atoms with Crippen molar-refractivity contribution < 1.29 is 9.21 Å². The average molecular weight is 304 g/mol. The van der Waals surface area contributed by atoms with Crippen molar-refractivity contribution in [3.8, 4) is 0 Å². The molecule has 2 atom stereocenters. The number of carbonyl (C=O) groups excluding carboxylic acids is 1. The molecule has 21 heavy (non-hydrogen) atoms. The second kappa shape index (κ2) is 5.64. The minimum absolute atomic E-state index is 0.0125. The monoisotopic (exact) mass is 304 g/mol. The second-order valence-corrected chi connectivity index (χ2v) is 7.04. The first-order chi connectivity index (χ1) is 10.0. The number of aryl methyl sites for hydroxylation is 3. The molecule has 0 aliphatic heterocycles. The van der Waals surface area contributed by atoms with E-state index < -0.39 is 0 Å². The third-order valence-electron chi connectivity index (χ3n) is 4.03. The van der Waals surface area contributed by atoms with E-state index in [2.05, 4.69) is 23.3 Å². The smallest absolute Gasteiger partial charge is 0.226 e. The van der Waals surface area contributed by atoms with Crippen LogP contribution in [0.4, 0.5) is 5.13 Å². The van der Waals surface area contributed by atoms with Crippen LogP contribution in [-0.2, 0) is 11.2 Å². The molecule has 0 aromatic carbocycles. The Morgan fingerprint density at radius 3 is 2.86 bits per heavy atom. The number of aromatic nitrogens is 1. The number of carbonyl (C=O) groups is 1. The molecule has 2 heterocycles. The Hall–Kier alpha value is -1.62. The highest BCUT2D eigenvalue weighted by molar-refractivity contribution is 7.15. The van der Waals surface area contributed by atoms with Crippen LogP contribution in [-0.4, -0.2) is 10.9 Å². The van der Waals surface area contributed by atoms with E-state index in [-0.39, 0.29) is 5.91 Å². The molecule has 1 aliphatic carbocycles. The first-order valence-corrected chi connectivity index (χ1v) is 8.17. The molecule has 0 bridgehead atoms. The van der Waals surface area contributed by atoms with Crippen LogP contribution < -0.4 is 5.32 Å². The van der Waals surface area contributed by atoms with Crippen LogP contribution >= 0.6 is 11.3 Å². The molecular weight excluding hydrogens is 284 g/mol. The van der Waals surface area contributed by atoms with Gasteiger partial charge >= 0.3 is 0 Å². The summed E-state index contributed by atoms with van der Waals surface area (Å²) in [4.78, 5) is 17.4. The lowest BCUT2D eigenvalue weighted by Crippen LogP contribution is -2.11. The molecular formula is C16H20N2O2S. The van der Waals surface area contributed by atoms with Crippen molar-refractivity contribution in [1.82, 2.24) is 4.98 Å². The Morgan fingerprint density at radius 1 is 1.48 bits per heavy atom. The Balaban J connectivity index is 1.50. The number of hydrogen-bond donors (Lipinski definition) is 1. The molecule has 1 saturated carbocycles. The Labute approximate surface area is 128 Å². The molecule has 112 valence electrons. The Kier molecular flexibility index (Phi) is 3.85. The number of amides is 1. The molecule has 2 aromatic rings. The maximum Gasteiger partial charge on any atom is 0.226 e. The van der Waals surface area contributed by atoms with Gasteiger partial charge in [0.15, 0.2) is 5.13 Å². The Bertz CT molecular complexity index is 640. The zero-order valence-corrected chi connectivity index (χ0v) is 13.4. The minimum atomic E-state index is -0.0125. The first-order valence-electron chi connectivity index (χ1n) is 7.35. The van der Waals surface area contributed by atoms with Gasteiger partial charge in [-0.2, -0.15) is 0 Å². The molecule has 0 saturated heterocycles. The van der Waals surface area contributed by atoms with E-state index in [1.54, 1.807) is 0 Å². The molecule has 0 radical (unpaired) electrons. The van der Waals surface area contributed by atoms with E-state index in [9.17, 15) is 4.79 Å². The molecule has 3 rings (SSSR count). The van der Waals surface area contributed by atoms with Crippen LogP contribution in [0.3, 0.4) is 0 Å². The van der Waals surface area contributed by atoms with Gasteiger partial charge in [0.05, 0.1) is 5.69 Å². The standard InChI is InChI=1S/C16H20N2O2S/c1-9-8-13(9)14-6-4-12(20-14)5-7-15(19)18-16-17-10(2)11(3)21-16/h4,6,9,13H,5,7-8H2,1-3H3,(H,17,18,19)/t9-,13+/m1/s1. The number of nitrogens with zero attached hydrogens (tertiary/aromatic N) is 1. The van der Waals surface area contributed by atoms with Crippen molar-refractivity contribution in [1.29, 1.82) is 0 Å². The summed E-state index contributed by atoms with van der Waals surface area (Å²) in [7, 11) is 0. The molecule has 0 unspecified atom stereocenters. The quantitative estimate of drug-likeness (QED) is 0.906. The summed E-state index contributed by atoms with van der Waals surface area (Å²) in [5.41, 5.74) is 0.976. The van der Waals surface area contributed by atoms with Crippen molar-refractivity contribution >= 4 is 22.4 Å². The first kappa shape index (κ1) is 14.3. The van der Waals surface area contributed by atoms with Crippen molar-refractivity contribution in [2.75, 3.05) is 5.32 Å². The van der Waals surface area contributed by atoms with Gasteiger partial charge < -0.3 is 9.73 Å². The molecule has 1 amide bonds. The van der Waals surface area contributed by atoms with Gasteiger partial charge in [0.25, 0.3) is 0 Å². The number of furan rings is 1. The van der Waals surface area contributed by atoms with Gasteiger partial charge in [-0.1, -0.05) is 6.92 Å². The molecule has 2 aromatic heterocycles. The molecule has 1 aliphatic rings. The van der Waals surface area contributed by atoms with Crippen LogP contribution in [0.1, 0.15) is 47.8 Å². The lowest BCUT2D eigenvalue weighted by molar-refractivity contribution is -0.116. The number of nitrogens with one attached hydrogen (secondary N) is 1. The highest BCUT2D eigenvalue weighted by Crippen LogP contribution is 2.47. The van der Waals surface area contributed by atoms with Crippen molar-refractivity contribution in [2.45, 2.75) is 46.0 Å². The van der Waals surface area contributed by atoms with Crippen LogP contribution in [0.2, 0.25) is 0 Å². The van der Waals surface area contributed by atoms with Crippen LogP contribution in [0.25, 0.3) is 0 Å².